The number of amides is 2. The number of fused-ring (bicyclic) bond motifs is 1. The van der Waals surface area contributed by atoms with Gasteiger partial charge in [0.1, 0.15) is 22.8 Å². The van der Waals surface area contributed by atoms with E-state index in [1.807, 2.05) is 48.5 Å². The first-order valence-electron chi connectivity index (χ1n) is 8.25. The molecule has 0 atom stereocenters. The molecule has 4 rings (SSSR count). The summed E-state index contributed by atoms with van der Waals surface area (Å²) in [6.07, 6.45) is 1.64. The number of nitrogens with two attached hydrogens (primary N) is 1. The molecule has 0 saturated carbocycles. The summed E-state index contributed by atoms with van der Waals surface area (Å²) in [5.41, 5.74) is 8.24. The van der Waals surface area contributed by atoms with E-state index in [-0.39, 0.29) is 22.6 Å². The van der Waals surface area contributed by atoms with Crippen LogP contribution in [0.15, 0.2) is 54.6 Å². The lowest BCUT2D eigenvalue weighted by Crippen LogP contribution is -2.36. The number of ether oxygens (including phenoxy) is 1. The van der Waals surface area contributed by atoms with Crippen molar-refractivity contribution in [2.75, 3.05) is 12.8 Å². The lowest BCUT2D eigenvalue weighted by molar-refractivity contribution is -0.114. The zero-order valence-corrected chi connectivity index (χ0v) is 14.5. The molecule has 1 aromatic heterocycles. The summed E-state index contributed by atoms with van der Waals surface area (Å²) in [6, 6.07) is 16.4. The smallest absolute Gasteiger partial charge is 0.264 e. The van der Waals surface area contributed by atoms with E-state index in [2.05, 4.69) is 10.4 Å². The molecule has 0 radical (unpaired) electrons. The molecule has 2 aromatic carbocycles. The van der Waals surface area contributed by atoms with Crippen LogP contribution in [0, 0.1) is 0 Å². The minimum Gasteiger partial charge on any atom is -0.496 e. The van der Waals surface area contributed by atoms with Crippen molar-refractivity contribution in [1.29, 1.82) is 0 Å². The highest BCUT2D eigenvalue weighted by atomic mass is 16.5. The van der Waals surface area contributed by atoms with Crippen LogP contribution in [0.25, 0.3) is 17.3 Å². The number of carbonyl (C=O) groups is 2. The normalized spacial score (nSPS) is 14.8. The molecule has 0 unspecified atom stereocenters. The number of nitrogen functional groups attached to an aromatic ring is 1. The van der Waals surface area contributed by atoms with Crippen LogP contribution in [0.1, 0.15) is 21.6 Å². The number of rotatable bonds is 3. The maximum Gasteiger partial charge on any atom is 0.264 e. The summed E-state index contributed by atoms with van der Waals surface area (Å²) >= 11 is 0. The Morgan fingerprint density at radius 3 is 2.48 bits per heavy atom. The van der Waals surface area contributed by atoms with Crippen LogP contribution in [0.5, 0.6) is 5.75 Å². The number of nitrogens with one attached hydrogen (secondary N) is 1. The molecule has 2 heterocycles. The molecule has 3 aromatic rings. The van der Waals surface area contributed by atoms with Gasteiger partial charge in [-0.05, 0) is 24.3 Å². The SMILES string of the molecule is COc1ccccc1/C=C1/C(=O)NC(=O)c2c1nn(-c1ccccc1)c2N. The quantitative estimate of drug-likeness (QED) is 0.551. The Kier molecular flexibility index (Phi) is 3.97. The predicted octanol–water partition coefficient (Wildman–Crippen LogP) is 2.27. The highest BCUT2D eigenvalue weighted by Gasteiger charge is 2.34. The number of imide groups is 1. The maximum atomic E-state index is 12.5. The molecule has 0 spiro atoms. The van der Waals surface area contributed by atoms with Crippen LogP contribution in [-0.4, -0.2) is 28.7 Å². The van der Waals surface area contributed by atoms with E-state index in [1.165, 1.54) is 4.68 Å². The van der Waals surface area contributed by atoms with E-state index in [0.29, 0.717) is 17.0 Å². The predicted molar refractivity (Wildman–Crippen MR) is 101 cm³/mol. The van der Waals surface area contributed by atoms with Gasteiger partial charge in [0, 0.05) is 5.56 Å². The minimum atomic E-state index is -0.563. The van der Waals surface area contributed by atoms with Crippen molar-refractivity contribution in [3.63, 3.8) is 0 Å². The van der Waals surface area contributed by atoms with E-state index in [0.717, 1.165) is 0 Å². The molecule has 0 aliphatic carbocycles. The van der Waals surface area contributed by atoms with Gasteiger partial charge in [-0.25, -0.2) is 4.68 Å². The summed E-state index contributed by atoms with van der Waals surface area (Å²) in [5, 5.41) is 6.78. The van der Waals surface area contributed by atoms with E-state index in [1.54, 1.807) is 19.3 Å². The minimum absolute atomic E-state index is 0.173. The Bertz CT molecular complexity index is 1080. The number of nitrogens with zero attached hydrogens (tertiary/aromatic N) is 2. The van der Waals surface area contributed by atoms with E-state index >= 15 is 0 Å². The number of hydrogen-bond acceptors (Lipinski definition) is 5. The van der Waals surface area contributed by atoms with Gasteiger partial charge in [0.15, 0.2) is 0 Å². The van der Waals surface area contributed by atoms with Crippen LogP contribution in [0.2, 0.25) is 0 Å². The number of aromatic nitrogens is 2. The molecule has 0 bridgehead atoms. The first kappa shape index (κ1) is 16.6. The van der Waals surface area contributed by atoms with Crippen LogP contribution < -0.4 is 15.8 Å². The molecule has 1 aliphatic heterocycles. The molecule has 3 N–H and O–H groups in total. The molecule has 7 heteroatoms. The second kappa shape index (κ2) is 6.45. The highest BCUT2D eigenvalue weighted by molar-refractivity contribution is 6.34. The fourth-order valence-corrected chi connectivity index (χ4v) is 3.03. The molecule has 27 heavy (non-hydrogen) atoms. The standard InChI is InChI=1S/C20H16N4O3/c1-27-15-10-6-5-7-12(15)11-14-17-16(20(26)22-19(14)25)18(21)24(23-17)13-8-3-2-4-9-13/h2-11H,21H2,1H3,(H,22,25,26)/b14-11+. The van der Waals surface area contributed by atoms with Crippen LogP contribution in [-0.2, 0) is 4.79 Å². The van der Waals surface area contributed by atoms with Gasteiger partial charge in [-0.2, -0.15) is 5.10 Å². The van der Waals surface area contributed by atoms with Crippen molar-refractivity contribution in [3.05, 3.63) is 71.4 Å². The molecule has 7 nitrogen and oxygen atoms in total. The van der Waals surface area contributed by atoms with Crippen molar-refractivity contribution in [1.82, 2.24) is 15.1 Å². The van der Waals surface area contributed by atoms with Gasteiger partial charge in [-0.15, -0.1) is 0 Å². The third-order valence-corrected chi connectivity index (χ3v) is 4.31. The Balaban J connectivity index is 1.92. The van der Waals surface area contributed by atoms with E-state index < -0.39 is 11.8 Å². The summed E-state index contributed by atoms with van der Waals surface area (Å²) in [5.74, 6) is -0.318. The molecule has 2 amide bonds. The lowest BCUT2D eigenvalue weighted by Gasteiger charge is -2.14. The Labute approximate surface area is 155 Å². The van der Waals surface area contributed by atoms with Crippen molar-refractivity contribution in [3.8, 4) is 11.4 Å². The number of hydrogen-bond donors (Lipinski definition) is 2. The van der Waals surface area contributed by atoms with Crippen LogP contribution in [0.4, 0.5) is 5.82 Å². The van der Waals surface area contributed by atoms with Crippen molar-refractivity contribution < 1.29 is 14.3 Å². The second-order valence-electron chi connectivity index (χ2n) is 5.94. The topological polar surface area (TPSA) is 99.2 Å². The van der Waals surface area contributed by atoms with E-state index in [9.17, 15) is 9.59 Å². The Morgan fingerprint density at radius 1 is 1.04 bits per heavy atom. The van der Waals surface area contributed by atoms with E-state index in [4.69, 9.17) is 10.5 Å². The number of carbonyl (C=O) groups excluding carboxylic acids is 2. The number of benzene rings is 2. The molecule has 134 valence electrons. The fraction of sp³-hybridized carbons (Fsp3) is 0.0500. The molecule has 0 fully saturated rings. The summed E-state index contributed by atoms with van der Waals surface area (Å²) in [7, 11) is 1.55. The summed E-state index contributed by atoms with van der Waals surface area (Å²) in [6.45, 7) is 0. The average Bonchev–Trinajstić information content (AvgIpc) is 3.03. The van der Waals surface area contributed by atoms with Gasteiger partial charge in [0.25, 0.3) is 11.8 Å². The molecular weight excluding hydrogens is 344 g/mol. The van der Waals surface area contributed by atoms with Gasteiger partial charge in [-0.1, -0.05) is 36.4 Å². The first-order chi connectivity index (χ1) is 13.1. The van der Waals surface area contributed by atoms with Crippen molar-refractivity contribution in [2.24, 2.45) is 0 Å². The summed E-state index contributed by atoms with van der Waals surface area (Å²) < 4.78 is 6.79. The average molecular weight is 360 g/mol. The number of anilines is 1. The van der Waals surface area contributed by atoms with Gasteiger partial charge in [0.05, 0.1) is 18.4 Å². The first-order valence-corrected chi connectivity index (χ1v) is 8.25. The number of para-hydroxylation sites is 2. The second-order valence-corrected chi connectivity index (χ2v) is 5.94. The zero-order valence-electron chi connectivity index (χ0n) is 14.5. The fourth-order valence-electron chi connectivity index (χ4n) is 3.03. The largest absolute Gasteiger partial charge is 0.496 e. The van der Waals surface area contributed by atoms with Crippen LogP contribution >= 0.6 is 0 Å². The van der Waals surface area contributed by atoms with Gasteiger partial charge in [0.2, 0.25) is 0 Å². The van der Waals surface area contributed by atoms with Crippen LogP contribution in [0.3, 0.4) is 0 Å². The van der Waals surface area contributed by atoms with Crippen molar-refractivity contribution in [2.45, 2.75) is 0 Å². The Morgan fingerprint density at radius 2 is 1.74 bits per heavy atom. The van der Waals surface area contributed by atoms with Gasteiger partial charge >= 0.3 is 0 Å². The monoisotopic (exact) mass is 360 g/mol. The van der Waals surface area contributed by atoms with Gasteiger partial charge in [-0.3, -0.25) is 14.9 Å². The third kappa shape index (κ3) is 2.75. The van der Waals surface area contributed by atoms with Crippen molar-refractivity contribution >= 4 is 29.3 Å². The Hall–Kier alpha value is -3.87. The zero-order chi connectivity index (χ0) is 19.0. The highest BCUT2D eigenvalue weighted by Crippen LogP contribution is 2.32. The number of methoxy groups -OCH3 is 1. The third-order valence-electron chi connectivity index (χ3n) is 4.31. The lowest BCUT2D eigenvalue weighted by atomic mass is 9.99. The summed E-state index contributed by atoms with van der Waals surface area (Å²) in [4.78, 5) is 24.9. The molecular formula is C20H16N4O3. The van der Waals surface area contributed by atoms with Gasteiger partial charge < -0.3 is 10.5 Å². The maximum absolute atomic E-state index is 12.5. The molecule has 1 aliphatic rings. The molecule has 0 saturated heterocycles.